The van der Waals surface area contributed by atoms with Gasteiger partial charge in [-0.05, 0) is 33.6 Å². The maximum absolute atomic E-state index is 11.6. The lowest BCUT2D eigenvalue weighted by Crippen LogP contribution is -2.31. The molecule has 1 aliphatic carbocycles. The molecule has 0 saturated heterocycles. The predicted octanol–water partition coefficient (Wildman–Crippen LogP) is 1.79. The number of nitrogens with zero attached hydrogens (tertiary/aromatic N) is 3. The van der Waals surface area contributed by atoms with Crippen molar-refractivity contribution in [1.29, 1.82) is 0 Å². The molecule has 6 heteroatoms. The van der Waals surface area contributed by atoms with Gasteiger partial charge >= 0.3 is 0 Å². The molecule has 0 radical (unpaired) electrons. The summed E-state index contributed by atoms with van der Waals surface area (Å²) in [5.74, 6) is 2.13. The maximum atomic E-state index is 11.6. The van der Waals surface area contributed by atoms with Gasteiger partial charge in [0.15, 0.2) is 5.16 Å². The summed E-state index contributed by atoms with van der Waals surface area (Å²) in [5, 5.41) is 12.2. The van der Waals surface area contributed by atoms with Crippen LogP contribution >= 0.6 is 11.8 Å². The SMILES string of the molecule is CCn1c(SCC(=O)NC(C)C)nnc1C1CC1. The summed E-state index contributed by atoms with van der Waals surface area (Å²) in [5.41, 5.74) is 0. The fourth-order valence-electron chi connectivity index (χ4n) is 1.84. The number of nitrogens with one attached hydrogen (secondary N) is 1. The van der Waals surface area contributed by atoms with Gasteiger partial charge < -0.3 is 9.88 Å². The highest BCUT2D eigenvalue weighted by Crippen LogP contribution is 2.39. The van der Waals surface area contributed by atoms with Crippen LogP contribution in [0.3, 0.4) is 0 Å². The van der Waals surface area contributed by atoms with Gasteiger partial charge in [0.25, 0.3) is 0 Å². The normalized spacial score (nSPS) is 15.1. The summed E-state index contributed by atoms with van der Waals surface area (Å²) >= 11 is 1.47. The molecule has 0 spiro atoms. The molecular formula is C12H20N4OS. The van der Waals surface area contributed by atoms with Crippen LogP contribution in [0, 0.1) is 0 Å². The van der Waals surface area contributed by atoms with Crippen molar-refractivity contribution >= 4 is 17.7 Å². The summed E-state index contributed by atoms with van der Waals surface area (Å²) in [7, 11) is 0. The van der Waals surface area contributed by atoms with Crippen LogP contribution in [-0.4, -0.2) is 32.5 Å². The van der Waals surface area contributed by atoms with Crippen molar-refractivity contribution < 1.29 is 4.79 Å². The number of hydrogen-bond donors (Lipinski definition) is 1. The van der Waals surface area contributed by atoms with E-state index in [9.17, 15) is 4.79 Å². The van der Waals surface area contributed by atoms with Gasteiger partial charge in [-0.25, -0.2) is 0 Å². The first-order valence-corrected chi connectivity index (χ1v) is 7.45. The smallest absolute Gasteiger partial charge is 0.230 e. The van der Waals surface area contributed by atoms with Gasteiger partial charge in [0, 0.05) is 18.5 Å². The number of carbonyl (C=O) groups is 1. The molecule has 0 atom stereocenters. The molecule has 5 nitrogen and oxygen atoms in total. The predicted molar refractivity (Wildman–Crippen MR) is 71.7 cm³/mol. The Morgan fingerprint density at radius 3 is 2.78 bits per heavy atom. The average molecular weight is 268 g/mol. The molecule has 1 aliphatic rings. The number of aromatic nitrogens is 3. The number of hydrogen-bond acceptors (Lipinski definition) is 4. The highest BCUT2D eigenvalue weighted by molar-refractivity contribution is 7.99. The molecule has 0 aliphatic heterocycles. The minimum absolute atomic E-state index is 0.0497. The lowest BCUT2D eigenvalue weighted by atomic mass is 10.4. The van der Waals surface area contributed by atoms with Crippen molar-refractivity contribution in [1.82, 2.24) is 20.1 Å². The molecule has 1 aromatic rings. The number of carbonyl (C=O) groups excluding carboxylic acids is 1. The standard InChI is InChI=1S/C12H20N4OS/c1-4-16-11(9-5-6-9)14-15-12(16)18-7-10(17)13-8(2)3/h8-9H,4-7H2,1-3H3,(H,13,17). The first-order chi connectivity index (χ1) is 8.61. The van der Waals surface area contributed by atoms with Crippen LogP contribution in [-0.2, 0) is 11.3 Å². The third kappa shape index (κ3) is 3.25. The molecule has 0 aromatic carbocycles. The van der Waals surface area contributed by atoms with Gasteiger partial charge in [0.2, 0.25) is 5.91 Å². The van der Waals surface area contributed by atoms with Crippen LogP contribution in [0.4, 0.5) is 0 Å². The van der Waals surface area contributed by atoms with Gasteiger partial charge in [0.05, 0.1) is 5.75 Å². The van der Waals surface area contributed by atoms with E-state index in [1.165, 1.54) is 24.6 Å². The monoisotopic (exact) mass is 268 g/mol. The van der Waals surface area contributed by atoms with E-state index in [4.69, 9.17) is 0 Å². The van der Waals surface area contributed by atoms with Gasteiger partial charge in [-0.3, -0.25) is 4.79 Å². The Balaban J connectivity index is 1.94. The zero-order chi connectivity index (χ0) is 13.1. The molecule has 0 unspecified atom stereocenters. The summed E-state index contributed by atoms with van der Waals surface area (Å²) in [6.45, 7) is 6.88. The third-order valence-electron chi connectivity index (χ3n) is 2.79. The number of rotatable bonds is 6. The molecule has 1 fully saturated rings. The van der Waals surface area contributed by atoms with Gasteiger partial charge in [-0.1, -0.05) is 11.8 Å². The van der Waals surface area contributed by atoms with Crippen LogP contribution in [0.1, 0.15) is 45.4 Å². The molecule has 1 N–H and O–H groups in total. The van der Waals surface area contributed by atoms with Crippen LogP contribution in [0.2, 0.25) is 0 Å². The Hall–Kier alpha value is -1.04. The molecule has 1 saturated carbocycles. The van der Waals surface area contributed by atoms with Crippen molar-refractivity contribution in [3.63, 3.8) is 0 Å². The fourth-order valence-corrected chi connectivity index (χ4v) is 2.66. The van der Waals surface area contributed by atoms with E-state index in [-0.39, 0.29) is 11.9 Å². The average Bonchev–Trinajstić information content (AvgIpc) is 3.06. The summed E-state index contributed by atoms with van der Waals surface area (Å²) in [4.78, 5) is 11.6. The first-order valence-electron chi connectivity index (χ1n) is 6.47. The van der Waals surface area contributed by atoms with Gasteiger partial charge in [-0.15, -0.1) is 10.2 Å². The van der Waals surface area contributed by atoms with Crippen molar-refractivity contribution in [2.24, 2.45) is 0 Å². The third-order valence-corrected chi connectivity index (χ3v) is 3.75. The molecule has 100 valence electrons. The lowest BCUT2D eigenvalue weighted by Gasteiger charge is -2.08. The Kier molecular flexibility index (Phi) is 4.27. The second-order valence-corrected chi connectivity index (χ2v) is 5.81. The molecule has 1 aromatic heterocycles. The highest BCUT2D eigenvalue weighted by atomic mass is 32.2. The Morgan fingerprint density at radius 2 is 2.22 bits per heavy atom. The summed E-state index contributed by atoms with van der Waals surface area (Å²) in [6, 6.07) is 0.184. The van der Waals surface area contributed by atoms with E-state index in [1.807, 2.05) is 13.8 Å². The van der Waals surface area contributed by atoms with Crippen molar-refractivity contribution in [2.45, 2.75) is 57.3 Å². The highest BCUT2D eigenvalue weighted by Gasteiger charge is 2.30. The molecule has 0 bridgehead atoms. The Bertz CT molecular complexity index is 426. The van der Waals surface area contributed by atoms with Crippen LogP contribution in [0.5, 0.6) is 0 Å². The van der Waals surface area contributed by atoms with E-state index in [0.29, 0.717) is 11.7 Å². The zero-order valence-corrected chi connectivity index (χ0v) is 12.0. The number of thioether (sulfide) groups is 1. The largest absolute Gasteiger partial charge is 0.353 e. The minimum atomic E-state index is 0.0497. The van der Waals surface area contributed by atoms with Gasteiger partial charge in [0.1, 0.15) is 5.82 Å². The Morgan fingerprint density at radius 1 is 1.50 bits per heavy atom. The van der Waals surface area contributed by atoms with Crippen LogP contribution in [0.25, 0.3) is 0 Å². The van der Waals surface area contributed by atoms with E-state index in [1.54, 1.807) is 0 Å². The van der Waals surface area contributed by atoms with Crippen molar-refractivity contribution in [3.8, 4) is 0 Å². The fraction of sp³-hybridized carbons (Fsp3) is 0.750. The minimum Gasteiger partial charge on any atom is -0.353 e. The topological polar surface area (TPSA) is 59.8 Å². The van der Waals surface area contributed by atoms with Crippen LogP contribution in [0.15, 0.2) is 5.16 Å². The lowest BCUT2D eigenvalue weighted by molar-refractivity contribution is -0.119. The van der Waals surface area contributed by atoms with E-state index >= 15 is 0 Å². The maximum Gasteiger partial charge on any atom is 0.230 e. The summed E-state index contributed by atoms with van der Waals surface area (Å²) in [6.07, 6.45) is 2.44. The molecule has 1 amide bonds. The van der Waals surface area contributed by atoms with E-state index in [0.717, 1.165) is 17.5 Å². The summed E-state index contributed by atoms with van der Waals surface area (Å²) < 4.78 is 2.13. The van der Waals surface area contributed by atoms with E-state index in [2.05, 4.69) is 27.0 Å². The Labute approximate surface area is 112 Å². The molecular weight excluding hydrogens is 248 g/mol. The second kappa shape index (κ2) is 5.73. The van der Waals surface area contributed by atoms with Gasteiger partial charge in [-0.2, -0.15) is 0 Å². The first kappa shape index (κ1) is 13.4. The van der Waals surface area contributed by atoms with Crippen molar-refractivity contribution in [3.05, 3.63) is 5.82 Å². The molecule has 18 heavy (non-hydrogen) atoms. The second-order valence-electron chi connectivity index (χ2n) is 4.87. The molecule has 1 heterocycles. The van der Waals surface area contributed by atoms with Crippen molar-refractivity contribution in [2.75, 3.05) is 5.75 Å². The van der Waals surface area contributed by atoms with Crippen LogP contribution < -0.4 is 5.32 Å². The molecule has 2 rings (SSSR count). The zero-order valence-electron chi connectivity index (χ0n) is 11.1. The van der Waals surface area contributed by atoms with E-state index < -0.39 is 0 Å². The quantitative estimate of drug-likeness (QED) is 0.799. The number of amides is 1.